The summed E-state index contributed by atoms with van der Waals surface area (Å²) in [6.45, 7) is 8.60. The van der Waals surface area contributed by atoms with Gasteiger partial charge < -0.3 is 10.1 Å². The quantitative estimate of drug-likeness (QED) is 0.864. The molecule has 94 valence electrons. The summed E-state index contributed by atoms with van der Waals surface area (Å²) < 4.78 is 5.34. The number of hydrogen-bond acceptors (Lipinski definition) is 3. The minimum absolute atomic E-state index is 0.476. The van der Waals surface area contributed by atoms with E-state index in [1.165, 1.54) is 11.1 Å². The molecule has 1 aromatic carbocycles. The molecule has 1 aliphatic rings. The summed E-state index contributed by atoms with van der Waals surface area (Å²) in [5.41, 5.74) is 2.82. The van der Waals surface area contributed by atoms with Gasteiger partial charge in [0.15, 0.2) is 0 Å². The van der Waals surface area contributed by atoms with Crippen molar-refractivity contribution in [3.8, 4) is 5.75 Å². The first kappa shape index (κ1) is 12.4. The Hall–Kier alpha value is -1.06. The summed E-state index contributed by atoms with van der Waals surface area (Å²) in [4.78, 5) is 2.49. The van der Waals surface area contributed by atoms with Gasteiger partial charge in [-0.2, -0.15) is 0 Å². The lowest BCUT2D eigenvalue weighted by Crippen LogP contribution is -2.39. The van der Waals surface area contributed by atoms with Crippen molar-refractivity contribution in [2.24, 2.45) is 0 Å². The molecule has 1 aromatic rings. The third-order valence-corrected chi connectivity index (χ3v) is 3.62. The highest BCUT2D eigenvalue weighted by atomic mass is 16.5. The first-order valence-corrected chi connectivity index (χ1v) is 6.41. The van der Waals surface area contributed by atoms with E-state index in [1.54, 1.807) is 7.11 Å². The lowest BCUT2D eigenvalue weighted by Gasteiger charge is -2.35. The second-order valence-corrected chi connectivity index (χ2v) is 4.43. The maximum absolute atomic E-state index is 5.34. The third kappa shape index (κ3) is 2.45. The van der Waals surface area contributed by atoms with E-state index in [1.807, 2.05) is 6.07 Å². The molecule has 0 aromatic heterocycles. The number of ether oxygens (including phenoxy) is 1. The fourth-order valence-electron chi connectivity index (χ4n) is 2.61. The second kappa shape index (κ2) is 5.52. The fourth-order valence-corrected chi connectivity index (χ4v) is 2.61. The van der Waals surface area contributed by atoms with Crippen LogP contribution in [0, 0.1) is 0 Å². The molecule has 3 heteroatoms. The zero-order chi connectivity index (χ0) is 12.3. The van der Waals surface area contributed by atoms with Gasteiger partial charge in [-0.05, 0) is 36.3 Å². The summed E-state index contributed by atoms with van der Waals surface area (Å²) in [5, 5.41) is 3.50. The summed E-state index contributed by atoms with van der Waals surface area (Å²) in [5.74, 6) is 0.961. The van der Waals surface area contributed by atoms with Gasteiger partial charge in [0.05, 0.1) is 7.11 Å². The van der Waals surface area contributed by atoms with Crippen LogP contribution in [-0.4, -0.2) is 31.6 Å². The summed E-state index contributed by atoms with van der Waals surface area (Å²) in [7, 11) is 1.73. The number of likely N-dealkylation sites (N-methyl/N-ethyl adjacent to an activating group) is 1. The van der Waals surface area contributed by atoms with Crippen molar-refractivity contribution in [1.82, 2.24) is 10.2 Å². The Morgan fingerprint density at radius 2 is 2.12 bits per heavy atom. The molecule has 0 fully saturated rings. The van der Waals surface area contributed by atoms with Crippen molar-refractivity contribution in [3.63, 3.8) is 0 Å². The Bertz CT molecular complexity index is 374. The first-order valence-electron chi connectivity index (χ1n) is 6.41. The highest BCUT2D eigenvalue weighted by molar-refractivity contribution is 5.39. The van der Waals surface area contributed by atoms with Crippen molar-refractivity contribution < 1.29 is 4.74 Å². The van der Waals surface area contributed by atoms with Crippen molar-refractivity contribution in [3.05, 3.63) is 29.3 Å². The normalized spacial score (nSPS) is 19.2. The van der Waals surface area contributed by atoms with Gasteiger partial charge >= 0.3 is 0 Å². The molecule has 0 unspecified atom stereocenters. The van der Waals surface area contributed by atoms with E-state index >= 15 is 0 Å². The van der Waals surface area contributed by atoms with Crippen LogP contribution in [0.3, 0.4) is 0 Å². The molecule has 1 aliphatic heterocycles. The van der Waals surface area contributed by atoms with Crippen LogP contribution in [0.2, 0.25) is 0 Å². The van der Waals surface area contributed by atoms with Gasteiger partial charge in [-0.1, -0.05) is 19.9 Å². The zero-order valence-corrected chi connectivity index (χ0v) is 11.0. The molecule has 0 saturated carbocycles. The lowest BCUT2D eigenvalue weighted by atomic mass is 9.95. The van der Waals surface area contributed by atoms with E-state index in [0.29, 0.717) is 6.04 Å². The predicted molar refractivity (Wildman–Crippen MR) is 70.4 cm³/mol. The van der Waals surface area contributed by atoms with Gasteiger partial charge in [-0.3, -0.25) is 4.90 Å². The lowest BCUT2D eigenvalue weighted by molar-refractivity contribution is 0.204. The highest BCUT2D eigenvalue weighted by Gasteiger charge is 2.24. The Kier molecular flexibility index (Phi) is 4.02. The molecule has 2 rings (SSSR count). The minimum Gasteiger partial charge on any atom is -0.497 e. The van der Waals surface area contributed by atoms with Gasteiger partial charge in [0.25, 0.3) is 0 Å². The van der Waals surface area contributed by atoms with Gasteiger partial charge in [-0.15, -0.1) is 0 Å². The molecule has 1 atom stereocenters. The second-order valence-electron chi connectivity index (χ2n) is 4.43. The van der Waals surface area contributed by atoms with E-state index in [2.05, 4.69) is 36.2 Å². The minimum atomic E-state index is 0.476. The molecule has 1 N–H and O–H groups in total. The Labute approximate surface area is 104 Å². The van der Waals surface area contributed by atoms with E-state index in [0.717, 1.165) is 31.9 Å². The third-order valence-electron chi connectivity index (χ3n) is 3.62. The monoisotopic (exact) mass is 234 g/mol. The molecule has 0 aliphatic carbocycles. The maximum atomic E-state index is 5.34. The predicted octanol–water partition coefficient (Wildman–Crippen LogP) is 2.18. The first-order chi connectivity index (χ1) is 8.30. The summed E-state index contributed by atoms with van der Waals surface area (Å²) >= 11 is 0. The number of fused-ring (bicyclic) bond motifs is 1. The van der Waals surface area contributed by atoms with Crippen LogP contribution in [0.5, 0.6) is 5.75 Å². The van der Waals surface area contributed by atoms with E-state index < -0.39 is 0 Å². The van der Waals surface area contributed by atoms with Gasteiger partial charge in [0.1, 0.15) is 5.75 Å². The number of rotatable bonds is 4. The highest BCUT2D eigenvalue weighted by Crippen LogP contribution is 2.30. The Balaban J connectivity index is 2.34. The molecule has 1 heterocycles. The molecule has 0 spiro atoms. The standard InChI is InChI=1S/C14H22N2O/c1-4-16(5-2)14-10-15-9-11-6-7-12(17-3)8-13(11)14/h6-8,14-15H,4-5,9-10H2,1-3H3/t14-/m0/s1. The van der Waals surface area contributed by atoms with Crippen molar-refractivity contribution in [2.75, 3.05) is 26.7 Å². The molecular weight excluding hydrogens is 212 g/mol. The number of nitrogens with one attached hydrogen (secondary N) is 1. The van der Waals surface area contributed by atoms with Crippen LogP contribution in [0.1, 0.15) is 31.0 Å². The van der Waals surface area contributed by atoms with E-state index in [4.69, 9.17) is 4.74 Å². The van der Waals surface area contributed by atoms with Crippen molar-refractivity contribution >= 4 is 0 Å². The maximum Gasteiger partial charge on any atom is 0.119 e. The molecular formula is C14H22N2O. The Morgan fingerprint density at radius 1 is 1.35 bits per heavy atom. The van der Waals surface area contributed by atoms with E-state index in [9.17, 15) is 0 Å². The van der Waals surface area contributed by atoms with Crippen LogP contribution < -0.4 is 10.1 Å². The number of hydrogen-bond donors (Lipinski definition) is 1. The van der Waals surface area contributed by atoms with Gasteiger partial charge in [0.2, 0.25) is 0 Å². The number of nitrogens with zero attached hydrogens (tertiary/aromatic N) is 1. The molecule has 0 saturated heterocycles. The van der Waals surface area contributed by atoms with Gasteiger partial charge in [0, 0.05) is 19.1 Å². The molecule has 3 nitrogen and oxygen atoms in total. The average Bonchev–Trinajstić information content (AvgIpc) is 2.40. The van der Waals surface area contributed by atoms with Gasteiger partial charge in [-0.25, -0.2) is 0 Å². The molecule has 0 bridgehead atoms. The smallest absolute Gasteiger partial charge is 0.119 e. The van der Waals surface area contributed by atoms with Crippen molar-refractivity contribution in [2.45, 2.75) is 26.4 Å². The average molecular weight is 234 g/mol. The SMILES string of the molecule is CCN(CC)[C@H]1CNCc2ccc(OC)cc21. The van der Waals surface area contributed by atoms with Crippen LogP contribution in [0.4, 0.5) is 0 Å². The van der Waals surface area contributed by atoms with E-state index in [-0.39, 0.29) is 0 Å². The fraction of sp³-hybridized carbons (Fsp3) is 0.571. The van der Waals surface area contributed by atoms with Crippen LogP contribution in [-0.2, 0) is 6.54 Å². The topological polar surface area (TPSA) is 24.5 Å². The van der Waals surface area contributed by atoms with Crippen LogP contribution >= 0.6 is 0 Å². The zero-order valence-electron chi connectivity index (χ0n) is 11.0. The van der Waals surface area contributed by atoms with Crippen molar-refractivity contribution in [1.29, 1.82) is 0 Å². The van der Waals surface area contributed by atoms with Crippen LogP contribution in [0.25, 0.3) is 0 Å². The largest absolute Gasteiger partial charge is 0.497 e. The summed E-state index contributed by atoms with van der Waals surface area (Å²) in [6.07, 6.45) is 0. The summed E-state index contributed by atoms with van der Waals surface area (Å²) in [6, 6.07) is 6.89. The Morgan fingerprint density at radius 3 is 2.76 bits per heavy atom. The molecule has 0 amide bonds. The molecule has 17 heavy (non-hydrogen) atoms. The van der Waals surface area contributed by atoms with Crippen LogP contribution in [0.15, 0.2) is 18.2 Å². The molecule has 0 radical (unpaired) electrons. The number of methoxy groups -OCH3 is 1. The number of benzene rings is 1.